The minimum Gasteiger partial charge on any atom is -0.460 e. The highest BCUT2D eigenvalue weighted by molar-refractivity contribution is 5.91. The van der Waals surface area contributed by atoms with Crippen LogP contribution in [0.3, 0.4) is 0 Å². The first-order chi connectivity index (χ1) is 8.70. The van der Waals surface area contributed by atoms with Gasteiger partial charge in [-0.2, -0.15) is 0 Å². The van der Waals surface area contributed by atoms with Crippen LogP contribution < -0.4 is 0 Å². The molecule has 0 amide bonds. The zero-order valence-corrected chi connectivity index (χ0v) is 10.0. The second kappa shape index (κ2) is 4.08. The minimum atomic E-state index is -0.444. The lowest BCUT2D eigenvalue weighted by Gasteiger charge is -2.06. The standard InChI is InChI=1S/C13H13FN2O2/c1-2-18-13(17)12-15-10-7-8(14)3-6-11(10)16(12)9-4-5-9/h3,6-7,9H,2,4-5H2,1H3. The third kappa shape index (κ3) is 1.75. The first-order valence-corrected chi connectivity index (χ1v) is 6.05. The Bertz CT molecular complexity index is 617. The monoisotopic (exact) mass is 248 g/mol. The molecule has 4 nitrogen and oxygen atoms in total. The highest BCUT2D eigenvalue weighted by Crippen LogP contribution is 2.38. The van der Waals surface area contributed by atoms with Gasteiger partial charge < -0.3 is 9.30 Å². The molecule has 0 N–H and O–H groups in total. The van der Waals surface area contributed by atoms with E-state index in [0.29, 0.717) is 18.2 Å². The van der Waals surface area contributed by atoms with E-state index in [2.05, 4.69) is 4.98 Å². The number of nitrogens with zero attached hydrogens (tertiary/aromatic N) is 2. The zero-order chi connectivity index (χ0) is 12.7. The molecule has 1 saturated carbocycles. The Balaban J connectivity index is 2.17. The molecule has 0 saturated heterocycles. The summed E-state index contributed by atoms with van der Waals surface area (Å²) >= 11 is 0. The van der Waals surface area contributed by atoms with Crippen LogP contribution in [0.15, 0.2) is 18.2 Å². The van der Waals surface area contributed by atoms with Crippen molar-refractivity contribution in [3.8, 4) is 0 Å². The summed E-state index contributed by atoms with van der Waals surface area (Å²) < 4.78 is 20.0. The van der Waals surface area contributed by atoms with Crippen LogP contribution in [0.4, 0.5) is 4.39 Å². The molecule has 2 aromatic rings. The topological polar surface area (TPSA) is 44.1 Å². The molecular weight excluding hydrogens is 235 g/mol. The van der Waals surface area contributed by atoms with Gasteiger partial charge in [0.05, 0.1) is 17.6 Å². The van der Waals surface area contributed by atoms with E-state index in [4.69, 9.17) is 4.74 Å². The highest BCUT2D eigenvalue weighted by Gasteiger charge is 2.31. The van der Waals surface area contributed by atoms with Crippen molar-refractivity contribution in [3.63, 3.8) is 0 Å². The van der Waals surface area contributed by atoms with Crippen molar-refractivity contribution in [2.75, 3.05) is 6.61 Å². The fraction of sp³-hybridized carbons (Fsp3) is 0.385. The number of carbonyl (C=O) groups is 1. The Kier molecular flexibility index (Phi) is 2.54. The van der Waals surface area contributed by atoms with Crippen LogP contribution >= 0.6 is 0 Å². The van der Waals surface area contributed by atoms with Crippen LogP contribution in [-0.4, -0.2) is 22.1 Å². The van der Waals surface area contributed by atoms with Crippen molar-refractivity contribution in [3.05, 3.63) is 29.8 Å². The summed E-state index contributed by atoms with van der Waals surface area (Å²) in [7, 11) is 0. The number of esters is 1. The number of imidazole rings is 1. The molecule has 0 unspecified atom stereocenters. The maximum absolute atomic E-state index is 13.2. The second-order valence-corrected chi connectivity index (χ2v) is 4.39. The zero-order valence-electron chi connectivity index (χ0n) is 10.0. The van der Waals surface area contributed by atoms with Gasteiger partial charge in [-0.05, 0) is 31.9 Å². The molecule has 3 rings (SSSR count). The molecule has 18 heavy (non-hydrogen) atoms. The molecular formula is C13H13FN2O2. The normalized spacial score (nSPS) is 15.0. The highest BCUT2D eigenvalue weighted by atomic mass is 19.1. The number of fused-ring (bicyclic) bond motifs is 1. The van der Waals surface area contributed by atoms with Crippen molar-refractivity contribution >= 4 is 17.0 Å². The molecule has 1 aromatic carbocycles. The number of benzene rings is 1. The molecule has 0 aliphatic heterocycles. The fourth-order valence-electron chi connectivity index (χ4n) is 2.11. The summed E-state index contributed by atoms with van der Waals surface area (Å²) in [5, 5.41) is 0. The van der Waals surface area contributed by atoms with Gasteiger partial charge >= 0.3 is 5.97 Å². The van der Waals surface area contributed by atoms with Crippen molar-refractivity contribution < 1.29 is 13.9 Å². The Morgan fingerprint density at radius 3 is 3.00 bits per heavy atom. The number of hydrogen-bond acceptors (Lipinski definition) is 3. The number of rotatable bonds is 3. The lowest BCUT2D eigenvalue weighted by Crippen LogP contribution is -2.12. The van der Waals surface area contributed by atoms with Crippen LogP contribution in [0.25, 0.3) is 11.0 Å². The van der Waals surface area contributed by atoms with Gasteiger partial charge in [0.25, 0.3) is 0 Å². The van der Waals surface area contributed by atoms with E-state index in [1.54, 1.807) is 13.0 Å². The predicted octanol–water partition coefficient (Wildman–Crippen LogP) is 2.69. The van der Waals surface area contributed by atoms with Gasteiger partial charge in [-0.1, -0.05) is 0 Å². The van der Waals surface area contributed by atoms with E-state index in [9.17, 15) is 9.18 Å². The quantitative estimate of drug-likeness (QED) is 0.784. The van der Waals surface area contributed by atoms with Crippen LogP contribution in [0, 0.1) is 5.82 Å². The third-order valence-corrected chi connectivity index (χ3v) is 3.02. The Morgan fingerprint density at radius 1 is 1.56 bits per heavy atom. The molecule has 1 aliphatic carbocycles. The van der Waals surface area contributed by atoms with Gasteiger partial charge in [-0.3, -0.25) is 0 Å². The van der Waals surface area contributed by atoms with E-state index in [0.717, 1.165) is 18.4 Å². The van der Waals surface area contributed by atoms with E-state index in [1.807, 2.05) is 4.57 Å². The molecule has 5 heteroatoms. The van der Waals surface area contributed by atoms with Gasteiger partial charge in [0.15, 0.2) is 0 Å². The first kappa shape index (κ1) is 11.2. The Labute approximate surface area is 103 Å². The van der Waals surface area contributed by atoms with Gasteiger partial charge in [0.2, 0.25) is 5.82 Å². The van der Waals surface area contributed by atoms with E-state index in [1.165, 1.54) is 12.1 Å². The van der Waals surface area contributed by atoms with Gasteiger partial charge in [-0.25, -0.2) is 14.2 Å². The van der Waals surface area contributed by atoms with Crippen LogP contribution in [0.5, 0.6) is 0 Å². The molecule has 1 heterocycles. The van der Waals surface area contributed by atoms with Crippen LogP contribution in [-0.2, 0) is 4.74 Å². The minimum absolute atomic E-state index is 0.278. The number of hydrogen-bond donors (Lipinski definition) is 0. The summed E-state index contributed by atoms with van der Waals surface area (Å²) in [5.74, 6) is -0.515. The maximum atomic E-state index is 13.2. The predicted molar refractivity (Wildman–Crippen MR) is 63.9 cm³/mol. The van der Waals surface area contributed by atoms with Crippen LogP contribution in [0.2, 0.25) is 0 Å². The molecule has 94 valence electrons. The second-order valence-electron chi connectivity index (χ2n) is 4.39. The molecule has 0 bridgehead atoms. The molecule has 1 aliphatic rings. The van der Waals surface area contributed by atoms with Gasteiger partial charge in [-0.15, -0.1) is 0 Å². The molecule has 0 atom stereocenters. The summed E-state index contributed by atoms with van der Waals surface area (Å²) in [6.07, 6.45) is 2.05. The molecule has 0 spiro atoms. The largest absolute Gasteiger partial charge is 0.460 e. The summed E-state index contributed by atoms with van der Waals surface area (Å²) in [4.78, 5) is 16.1. The van der Waals surface area contributed by atoms with E-state index >= 15 is 0 Å². The SMILES string of the molecule is CCOC(=O)c1nc2cc(F)ccc2n1C1CC1. The lowest BCUT2D eigenvalue weighted by atomic mass is 10.3. The smallest absolute Gasteiger partial charge is 0.374 e. The molecule has 1 aromatic heterocycles. The molecule has 0 radical (unpaired) electrons. The summed E-state index contributed by atoms with van der Waals surface area (Å²) in [6.45, 7) is 2.06. The first-order valence-electron chi connectivity index (χ1n) is 6.05. The Morgan fingerprint density at radius 2 is 2.33 bits per heavy atom. The van der Waals surface area contributed by atoms with E-state index < -0.39 is 5.97 Å². The Hall–Kier alpha value is -1.91. The number of ether oxygens (including phenoxy) is 1. The molecule has 1 fully saturated rings. The fourth-order valence-corrected chi connectivity index (χ4v) is 2.11. The van der Waals surface area contributed by atoms with Crippen LogP contribution in [0.1, 0.15) is 36.4 Å². The maximum Gasteiger partial charge on any atom is 0.374 e. The van der Waals surface area contributed by atoms with Gasteiger partial charge in [0.1, 0.15) is 5.82 Å². The van der Waals surface area contributed by atoms with Crippen molar-refractivity contribution in [1.82, 2.24) is 9.55 Å². The average Bonchev–Trinajstić information content (AvgIpc) is 3.10. The third-order valence-electron chi connectivity index (χ3n) is 3.02. The van der Waals surface area contributed by atoms with Gasteiger partial charge in [0, 0.05) is 12.1 Å². The number of aromatic nitrogens is 2. The summed E-state index contributed by atoms with van der Waals surface area (Å²) in [6, 6.07) is 4.69. The average molecular weight is 248 g/mol. The van der Waals surface area contributed by atoms with E-state index in [-0.39, 0.29) is 11.6 Å². The van der Waals surface area contributed by atoms with Crippen molar-refractivity contribution in [2.45, 2.75) is 25.8 Å². The van der Waals surface area contributed by atoms with Crippen molar-refractivity contribution in [2.24, 2.45) is 0 Å². The number of carbonyl (C=O) groups excluding carboxylic acids is 1. The number of halogens is 1. The van der Waals surface area contributed by atoms with Crippen molar-refractivity contribution in [1.29, 1.82) is 0 Å². The summed E-state index contributed by atoms with van der Waals surface area (Å²) in [5.41, 5.74) is 1.30. The lowest BCUT2D eigenvalue weighted by molar-refractivity contribution is 0.0507.